The van der Waals surface area contributed by atoms with Crippen molar-refractivity contribution >= 4 is 15.5 Å². The molecule has 9 nitrogen and oxygen atoms in total. The topological polar surface area (TPSA) is 173 Å². The van der Waals surface area contributed by atoms with Crippen molar-refractivity contribution in [2.75, 3.05) is 6.61 Å². The Kier molecular flexibility index (Phi) is 8.42. The molecular formula is C3H10O9P2. The van der Waals surface area contributed by atoms with E-state index in [1.807, 2.05) is 0 Å². The van der Waals surface area contributed by atoms with Gasteiger partial charge in [0.2, 0.25) is 0 Å². The largest absolute Gasteiger partial charge is 0.466 e. The van der Waals surface area contributed by atoms with Crippen LogP contribution in [0, 0.1) is 0 Å². The lowest BCUT2D eigenvalue weighted by Gasteiger charge is -2.05. The van der Waals surface area contributed by atoms with E-state index in [1.54, 1.807) is 0 Å². The lowest BCUT2D eigenvalue weighted by Crippen LogP contribution is -2.24. The summed E-state index contributed by atoms with van der Waals surface area (Å²) in [7, 11) is -7.70. The van der Waals surface area contributed by atoms with Crippen molar-refractivity contribution < 1.29 is 43.7 Å². The molecule has 0 heterocycles. The maximum atomic E-state index is 9.82. The van der Waals surface area contributed by atoms with E-state index in [4.69, 9.17) is 34.6 Å². The molecule has 0 amide bonds. The van der Waals surface area contributed by atoms with Gasteiger partial charge in [0.25, 0.3) is 0 Å². The second-order valence-corrected chi connectivity index (χ2v) is 4.09. The Hall–Kier alpha value is -0.110. The fourth-order valence-electron chi connectivity index (χ4n) is 0.235. The molecule has 86 valence electrons. The molecule has 0 aromatic rings. The highest BCUT2D eigenvalue weighted by Crippen LogP contribution is 2.25. The number of aliphatic hydroxyl groups excluding tert-OH is 3. The van der Waals surface area contributed by atoms with Crippen LogP contribution in [-0.4, -0.2) is 48.6 Å². The SMILES string of the molecule is O=P(=O)C(O)C(O)CO.O=P(O)(O)O. The minimum Gasteiger partial charge on any atom is -0.394 e. The molecule has 0 fully saturated rings. The second kappa shape index (κ2) is 7.22. The van der Waals surface area contributed by atoms with Crippen LogP contribution in [0.4, 0.5) is 0 Å². The van der Waals surface area contributed by atoms with Crippen molar-refractivity contribution in [2.24, 2.45) is 0 Å². The zero-order valence-corrected chi connectivity index (χ0v) is 8.45. The minimum atomic E-state index is -4.64. The summed E-state index contributed by atoms with van der Waals surface area (Å²) in [6, 6.07) is 0. The second-order valence-electron chi connectivity index (χ2n) is 1.96. The van der Waals surface area contributed by atoms with Crippen LogP contribution < -0.4 is 0 Å². The highest BCUT2D eigenvalue weighted by atomic mass is 31.2. The van der Waals surface area contributed by atoms with Crippen molar-refractivity contribution in [3.63, 3.8) is 0 Å². The highest BCUT2D eigenvalue weighted by Gasteiger charge is 2.19. The van der Waals surface area contributed by atoms with Gasteiger partial charge in [0.1, 0.15) is 6.10 Å². The lowest BCUT2D eigenvalue weighted by atomic mass is 10.4. The Morgan fingerprint density at radius 1 is 1.14 bits per heavy atom. The molecule has 11 heteroatoms. The van der Waals surface area contributed by atoms with Gasteiger partial charge < -0.3 is 30.0 Å². The van der Waals surface area contributed by atoms with E-state index in [1.165, 1.54) is 0 Å². The van der Waals surface area contributed by atoms with Crippen LogP contribution >= 0.6 is 15.5 Å². The van der Waals surface area contributed by atoms with Crippen LogP contribution in [0.5, 0.6) is 0 Å². The standard InChI is InChI=1S/C3H7O5P.H3O4P/c4-1-2(5)3(6)9(7)8;1-5(2,3)4/h2-6H,1H2;(H3,1,2,3,4). The van der Waals surface area contributed by atoms with Crippen molar-refractivity contribution in [2.45, 2.75) is 11.9 Å². The fourth-order valence-corrected chi connectivity index (χ4v) is 0.610. The summed E-state index contributed by atoms with van der Waals surface area (Å²) in [4.78, 5) is 21.6. The summed E-state index contributed by atoms with van der Waals surface area (Å²) in [6.45, 7) is -0.759. The number of hydrogen-bond acceptors (Lipinski definition) is 6. The van der Waals surface area contributed by atoms with Gasteiger partial charge in [-0.25, -0.2) is 13.7 Å². The maximum Gasteiger partial charge on any atom is 0.466 e. The summed E-state index contributed by atoms with van der Waals surface area (Å²) >= 11 is 0. The molecule has 14 heavy (non-hydrogen) atoms. The van der Waals surface area contributed by atoms with Crippen LogP contribution in [0.1, 0.15) is 0 Å². The predicted molar refractivity (Wildman–Crippen MR) is 41.7 cm³/mol. The van der Waals surface area contributed by atoms with Crippen molar-refractivity contribution in [3.8, 4) is 0 Å². The Balaban J connectivity index is 0. The van der Waals surface area contributed by atoms with Gasteiger partial charge in [-0.3, -0.25) is 0 Å². The third-order valence-electron chi connectivity index (χ3n) is 0.747. The summed E-state index contributed by atoms with van der Waals surface area (Å²) in [6.07, 6.45) is -1.59. The normalized spacial score (nSPS) is 15.0. The van der Waals surface area contributed by atoms with Gasteiger partial charge in [0.15, 0.2) is 5.85 Å². The smallest absolute Gasteiger partial charge is 0.394 e. The molecule has 0 aromatic carbocycles. The van der Waals surface area contributed by atoms with Crippen LogP contribution in [-0.2, 0) is 13.7 Å². The van der Waals surface area contributed by atoms with Crippen LogP contribution in [0.25, 0.3) is 0 Å². The maximum absolute atomic E-state index is 9.82. The Morgan fingerprint density at radius 3 is 1.50 bits per heavy atom. The summed E-state index contributed by atoms with van der Waals surface area (Å²) < 4.78 is 28.5. The van der Waals surface area contributed by atoms with Gasteiger partial charge in [-0.2, -0.15) is 0 Å². The van der Waals surface area contributed by atoms with Gasteiger partial charge in [0.05, 0.1) is 6.61 Å². The monoisotopic (exact) mass is 252 g/mol. The molecule has 0 saturated carbocycles. The molecule has 0 radical (unpaired) electrons. The van der Waals surface area contributed by atoms with Gasteiger partial charge in [-0.15, -0.1) is 0 Å². The quantitative estimate of drug-likeness (QED) is 0.307. The summed E-state index contributed by atoms with van der Waals surface area (Å²) in [5.41, 5.74) is 0. The van der Waals surface area contributed by atoms with E-state index in [0.29, 0.717) is 0 Å². The van der Waals surface area contributed by atoms with E-state index in [-0.39, 0.29) is 0 Å². The number of rotatable bonds is 3. The van der Waals surface area contributed by atoms with E-state index >= 15 is 0 Å². The first-order chi connectivity index (χ1) is 6.09. The average molecular weight is 252 g/mol. The minimum absolute atomic E-state index is 0.759. The lowest BCUT2D eigenvalue weighted by molar-refractivity contribution is 0.0234. The molecule has 6 N–H and O–H groups in total. The highest BCUT2D eigenvalue weighted by molar-refractivity contribution is 7.45. The van der Waals surface area contributed by atoms with Gasteiger partial charge in [0, 0.05) is 0 Å². The van der Waals surface area contributed by atoms with Crippen molar-refractivity contribution in [1.82, 2.24) is 0 Å². The first kappa shape index (κ1) is 16.3. The molecule has 0 bridgehead atoms. The molecular weight excluding hydrogens is 242 g/mol. The van der Waals surface area contributed by atoms with E-state index < -0.39 is 34.1 Å². The molecule has 0 saturated heterocycles. The average Bonchev–Trinajstić information content (AvgIpc) is 1.98. The number of hydrogen-bond donors (Lipinski definition) is 6. The molecule has 0 spiro atoms. The zero-order valence-electron chi connectivity index (χ0n) is 6.66. The van der Waals surface area contributed by atoms with Gasteiger partial charge in [-0.05, 0) is 0 Å². The van der Waals surface area contributed by atoms with E-state index in [2.05, 4.69) is 0 Å². The van der Waals surface area contributed by atoms with Crippen LogP contribution in [0.15, 0.2) is 0 Å². The third-order valence-corrected chi connectivity index (χ3v) is 1.52. The van der Waals surface area contributed by atoms with Crippen molar-refractivity contribution in [1.29, 1.82) is 0 Å². The molecule has 0 aliphatic heterocycles. The predicted octanol–water partition coefficient (Wildman–Crippen LogP) is -2.10. The number of aliphatic hydroxyl groups is 3. The van der Waals surface area contributed by atoms with E-state index in [0.717, 1.165) is 0 Å². The van der Waals surface area contributed by atoms with Gasteiger partial charge >= 0.3 is 15.5 Å². The Labute approximate surface area is 78.7 Å². The Bertz CT molecular complexity index is 237. The Morgan fingerprint density at radius 2 is 1.43 bits per heavy atom. The molecule has 0 rings (SSSR count). The van der Waals surface area contributed by atoms with Crippen LogP contribution in [0.3, 0.4) is 0 Å². The van der Waals surface area contributed by atoms with Crippen molar-refractivity contribution in [3.05, 3.63) is 0 Å². The molecule has 0 aliphatic carbocycles. The molecule has 2 atom stereocenters. The first-order valence-electron chi connectivity index (χ1n) is 2.98. The molecule has 2 unspecified atom stereocenters. The zero-order chi connectivity index (χ0) is 11.9. The number of phosphoric acid groups is 1. The van der Waals surface area contributed by atoms with E-state index in [9.17, 15) is 9.13 Å². The first-order valence-corrected chi connectivity index (χ1v) is 5.79. The summed E-state index contributed by atoms with van der Waals surface area (Å²) in [5, 5.41) is 24.9. The molecule has 0 aliphatic rings. The fraction of sp³-hybridized carbons (Fsp3) is 1.00. The third kappa shape index (κ3) is 14.4. The van der Waals surface area contributed by atoms with Crippen LogP contribution in [0.2, 0.25) is 0 Å². The summed E-state index contributed by atoms with van der Waals surface area (Å²) in [5.74, 6) is -1.86. The molecule has 0 aromatic heterocycles. The van der Waals surface area contributed by atoms with Gasteiger partial charge in [-0.1, -0.05) is 0 Å².